The van der Waals surface area contributed by atoms with Crippen molar-refractivity contribution < 1.29 is 4.79 Å². The zero-order valence-electron chi connectivity index (χ0n) is 10.8. The van der Waals surface area contributed by atoms with Gasteiger partial charge in [0.25, 0.3) is 0 Å². The molecule has 0 spiro atoms. The van der Waals surface area contributed by atoms with Crippen LogP contribution in [-0.2, 0) is 11.2 Å². The summed E-state index contributed by atoms with van der Waals surface area (Å²) in [6.07, 6.45) is 2.60. The number of carbonyl (C=O) groups excluding carboxylic acids is 1. The smallest absolute Gasteiger partial charge is 0.242 e. The maximum Gasteiger partial charge on any atom is 0.242 e. The van der Waals surface area contributed by atoms with E-state index in [1.165, 1.54) is 0 Å². The molecule has 1 amide bonds. The van der Waals surface area contributed by atoms with E-state index in [1.54, 1.807) is 0 Å². The summed E-state index contributed by atoms with van der Waals surface area (Å²) in [7, 11) is 1.82. The quantitative estimate of drug-likeness (QED) is 0.734. The van der Waals surface area contributed by atoms with Crippen LogP contribution in [-0.4, -0.2) is 35.5 Å². The van der Waals surface area contributed by atoms with Gasteiger partial charge in [-0.05, 0) is 12.8 Å². The van der Waals surface area contributed by atoms with Gasteiger partial charge in [0.05, 0.1) is 0 Å². The highest BCUT2D eigenvalue weighted by Gasteiger charge is 2.22. The van der Waals surface area contributed by atoms with Gasteiger partial charge in [0.15, 0.2) is 0 Å². The van der Waals surface area contributed by atoms with E-state index in [4.69, 9.17) is 0 Å². The van der Waals surface area contributed by atoms with E-state index in [2.05, 4.69) is 25.9 Å². The van der Waals surface area contributed by atoms with Crippen LogP contribution >= 0.6 is 0 Å². The number of carbonyl (C=O) groups is 1. The summed E-state index contributed by atoms with van der Waals surface area (Å²) < 4.78 is 0. The molecule has 2 heterocycles. The van der Waals surface area contributed by atoms with Crippen molar-refractivity contribution in [3.63, 3.8) is 0 Å². The van der Waals surface area contributed by atoms with Crippen molar-refractivity contribution in [2.45, 2.75) is 32.2 Å². The highest BCUT2D eigenvalue weighted by Crippen LogP contribution is 2.15. The summed E-state index contributed by atoms with van der Waals surface area (Å²) in [4.78, 5) is 20.4. The van der Waals surface area contributed by atoms with Gasteiger partial charge in [0.1, 0.15) is 23.5 Å². The van der Waals surface area contributed by atoms with Crippen LogP contribution < -0.4 is 16.0 Å². The predicted octanol–water partition coefficient (Wildman–Crippen LogP) is 0.771. The van der Waals surface area contributed by atoms with Gasteiger partial charge in [0.2, 0.25) is 5.91 Å². The molecule has 1 aliphatic heterocycles. The Balaban J connectivity index is 2.14. The monoisotopic (exact) mass is 249 g/mol. The maximum atomic E-state index is 11.7. The molecule has 0 bridgehead atoms. The van der Waals surface area contributed by atoms with Gasteiger partial charge in [-0.25, -0.2) is 9.97 Å². The number of piperidine rings is 1. The Morgan fingerprint density at radius 2 is 2.22 bits per heavy atom. The number of hydrogen-bond donors (Lipinski definition) is 3. The maximum absolute atomic E-state index is 11.7. The molecule has 1 atom stereocenters. The molecule has 0 aliphatic carbocycles. The second kappa shape index (κ2) is 5.66. The first-order valence-electron chi connectivity index (χ1n) is 6.33. The first-order valence-corrected chi connectivity index (χ1v) is 6.33. The molecule has 0 radical (unpaired) electrons. The lowest BCUT2D eigenvalue weighted by molar-refractivity contribution is -0.123. The van der Waals surface area contributed by atoms with Crippen LogP contribution in [0, 0.1) is 0 Å². The number of aromatic nitrogens is 2. The van der Waals surface area contributed by atoms with Crippen LogP contribution in [0.3, 0.4) is 0 Å². The highest BCUT2D eigenvalue weighted by atomic mass is 16.2. The van der Waals surface area contributed by atoms with Gasteiger partial charge >= 0.3 is 0 Å². The number of rotatable bonds is 4. The van der Waals surface area contributed by atoms with Crippen molar-refractivity contribution in [3.8, 4) is 0 Å². The van der Waals surface area contributed by atoms with Gasteiger partial charge in [-0.2, -0.15) is 0 Å². The SMILES string of the molecule is CCc1nc(NC)cc(NC2CCCNC2=O)n1. The Kier molecular flexibility index (Phi) is 3.96. The molecule has 1 aromatic rings. The van der Waals surface area contributed by atoms with Crippen LogP contribution in [0.5, 0.6) is 0 Å². The Morgan fingerprint density at radius 1 is 1.44 bits per heavy atom. The van der Waals surface area contributed by atoms with Crippen molar-refractivity contribution in [3.05, 3.63) is 11.9 Å². The molecular weight excluding hydrogens is 230 g/mol. The zero-order chi connectivity index (χ0) is 13.0. The average Bonchev–Trinajstić information content (AvgIpc) is 2.41. The van der Waals surface area contributed by atoms with Crippen molar-refractivity contribution in [2.24, 2.45) is 0 Å². The van der Waals surface area contributed by atoms with E-state index < -0.39 is 0 Å². The molecule has 6 heteroatoms. The number of amides is 1. The molecule has 0 aromatic carbocycles. The molecule has 2 rings (SSSR count). The zero-order valence-corrected chi connectivity index (χ0v) is 10.8. The fourth-order valence-electron chi connectivity index (χ4n) is 1.95. The molecule has 1 aliphatic rings. The summed E-state index contributed by atoms with van der Waals surface area (Å²) in [5, 5.41) is 9.02. The topological polar surface area (TPSA) is 78.9 Å². The van der Waals surface area contributed by atoms with Crippen molar-refractivity contribution >= 4 is 17.5 Å². The van der Waals surface area contributed by atoms with Crippen molar-refractivity contribution in [1.29, 1.82) is 0 Å². The molecule has 3 N–H and O–H groups in total. The summed E-state index contributed by atoms with van der Waals surface area (Å²) in [6, 6.07) is 1.63. The molecule has 18 heavy (non-hydrogen) atoms. The lowest BCUT2D eigenvalue weighted by Gasteiger charge is -2.23. The van der Waals surface area contributed by atoms with Crippen molar-refractivity contribution in [1.82, 2.24) is 15.3 Å². The lowest BCUT2D eigenvalue weighted by Crippen LogP contribution is -2.44. The fourth-order valence-corrected chi connectivity index (χ4v) is 1.95. The first-order chi connectivity index (χ1) is 8.72. The third-order valence-electron chi connectivity index (χ3n) is 2.95. The summed E-state index contributed by atoms with van der Waals surface area (Å²) in [6.45, 7) is 2.77. The summed E-state index contributed by atoms with van der Waals surface area (Å²) in [5.74, 6) is 2.28. The van der Waals surface area contributed by atoms with Crippen LogP contribution in [0.25, 0.3) is 0 Å². The Morgan fingerprint density at radius 3 is 2.89 bits per heavy atom. The number of nitrogens with zero attached hydrogens (tertiary/aromatic N) is 2. The molecule has 1 saturated heterocycles. The highest BCUT2D eigenvalue weighted by molar-refractivity contribution is 5.85. The molecule has 98 valence electrons. The van der Waals surface area contributed by atoms with E-state index in [0.717, 1.165) is 37.4 Å². The first kappa shape index (κ1) is 12.6. The van der Waals surface area contributed by atoms with E-state index in [0.29, 0.717) is 5.82 Å². The second-order valence-corrected chi connectivity index (χ2v) is 4.29. The van der Waals surface area contributed by atoms with Crippen LogP contribution in [0.1, 0.15) is 25.6 Å². The largest absolute Gasteiger partial charge is 0.373 e. The van der Waals surface area contributed by atoms with E-state index in [-0.39, 0.29) is 11.9 Å². The van der Waals surface area contributed by atoms with Crippen LogP contribution in [0.4, 0.5) is 11.6 Å². The number of anilines is 2. The second-order valence-electron chi connectivity index (χ2n) is 4.29. The molecular formula is C12H19N5O. The van der Waals surface area contributed by atoms with Gasteiger partial charge < -0.3 is 16.0 Å². The summed E-state index contributed by atoms with van der Waals surface area (Å²) >= 11 is 0. The minimum Gasteiger partial charge on any atom is -0.373 e. The van der Waals surface area contributed by atoms with Gasteiger partial charge in [0, 0.05) is 26.1 Å². The predicted molar refractivity (Wildman–Crippen MR) is 70.6 cm³/mol. The average molecular weight is 249 g/mol. The Labute approximate surface area is 107 Å². The van der Waals surface area contributed by atoms with Crippen LogP contribution in [0.15, 0.2) is 6.07 Å². The number of hydrogen-bond acceptors (Lipinski definition) is 5. The van der Waals surface area contributed by atoms with Gasteiger partial charge in [-0.1, -0.05) is 6.92 Å². The van der Waals surface area contributed by atoms with Gasteiger partial charge in [-0.3, -0.25) is 4.79 Å². The van der Waals surface area contributed by atoms with E-state index in [1.807, 2.05) is 20.0 Å². The molecule has 1 aromatic heterocycles. The molecule has 1 unspecified atom stereocenters. The number of aryl methyl sites for hydroxylation is 1. The van der Waals surface area contributed by atoms with E-state index in [9.17, 15) is 4.79 Å². The normalized spacial score (nSPS) is 19.2. The minimum atomic E-state index is -0.192. The Hall–Kier alpha value is -1.85. The van der Waals surface area contributed by atoms with Gasteiger partial charge in [-0.15, -0.1) is 0 Å². The minimum absolute atomic E-state index is 0.0453. The van der Waals surface area contributed by atoms with Crippen LogP contribution in [0.2, 0.25) is 0 Å². The van der Waals surface area contributed by atoms with E-state index >= 15 is 0 Å². The third kappa shape index (κ3) is 2.88. The Bertz CT molecular complexity index is 412. The fraction of sp³-hybridized carbons (Fsp3) is 0.583. The lowest BCUT2D eigenvalue weighted by atomic mass is 10.1. The third-order valence-corrected chi connectivity index (χ3v) is 2.95. The standard InChI is InChI=1S/C12H19N5O/c1-3-9-16-10(13-2)7-11(17-9)15-8-5-4-6-14-12(8)18/h7-8H,3-6H2,1-2H3,(H,14,18)(H2,13,15,16,17). The molecule has 0 saturated carbocycles. The molecule has 1 fully saturated rings. The number of nitrogens with one attached hydrogen (secondary N) is 3. The van der Waals surface area contributed by atoms with Crippen molar-refractivity contribution in [2.75, 3.05) is 24.2 Å². The summed E-state index contributed by atoms with van der Waals surface area (Å²) in [5.41, 5.74) is 0. The molecule has 6 nitrogen and oxygen atoms in total.